The molecule has 0 unspecified atom stereocenters. The molecule has 0 aromatic heterocycles. The molecule has 1 aromatic rings. The monoisotopic (exact) mass is 307 g/mol. The minimum absolute atomic E-state index is 0.122. The van der Waals surface area contributed by atoms with Crippen LogP contribution in [0.25, 0.3) is 0 Å². The summed E-state index contributed by atoms with van der Waals surface area (Å²) >= 11 is 0. The number of benzene rings is 1. The zero-order chi connectivity index (χ0) is 15.2. The van der Waals surface area contributed by atoms with Crippen molar-refractivity contribution in [1.29, 1.82) is 0 Å². The third-order valence-corrected chi connectivity index (χ3v) is 5.96. The fraction of sp³-hybridized carbons (Fsp3) is 0.500. The van der Waals surface area contributed by atoms with E-state index in [1.807, 2.05) is 14.0 Å². The maximum absolute atomic E-state index is 12.4. The van der Waals surface area contributed by atoms with Gasteiger partial charge in [-0.05, 0) is 45.4 Å². The summed E-state index contributed by atoms with van der Waals surface area (Å²) in [6.45, 7) is 5.99. The molecule has 4 nitrogen and oxygen atoms in total. The van der Waals surface area contributed by atoms with Crippen LogP contribution in [0.15, 0.2) is 41.3 Å². The summed E-state index contributed by atoms with van der Waals surface area (Å²) in [4.78, 5) is 2.47. The molecule has 3 rings (SSSR count). The van der Waals surface area contributed by atoms with E-state index in [0.29, 0.717) is 6.04 Å². The Hall–Kier alpha value is -1.17. The van der Waals surface area contributed by atoms with Crippen molar-refractivity contribution in [2.75, 3.05) is 7.05 Å². The van der Waals surface area contributed by atoms with E-state index in [1.165, 1.54) is 5.57 Å². The van der Waals surface area contributed by atoms with Crippen LogP contribution in [-0.4, -0.2) is 38.6 Å². The van der Waals surface area contributed by atoms with Gasteiger partial charge in [-0.1, -0.05) is 29.8 Å². The quantitative estimate of drug-likeness (QED) is 0.636. The predicted octanol–water partition coefficient (Wildman–Crippen LogP) is 2.49. The number of rotatable bonds is 3. The van der Waals surface area contributed by atoms with Gasteiger partial charge in [0.15, 0.2) is 0 Å². The van der Waals surface area contributed by atoms with Gasteiger partial charge in [-0.2, -0.15) is 8.42 Å². The second kappa shape index (κ2) is 5.23. The van der Waals surface area contributed by atoms with Gasteiger partial charge in [-0.3, -0.25) is 9.08 Å². The van der Waals surface area contributed by atoms with Crippen molar-refractivity contribution in [3.63, 3.8) is 0 Å². The molecule has 2 fully saturated rings. The molecule has 0 aliphatic carbocycles. The van der Waals surface area contributed by atoms with Gasteiger partial charge in [0.25, 0.3) is 10.1 Å². The molecule has 2 bridgehead atoms. The Balaban J connectivity index is 1.80. The SMILES string of the molecule is C=C1C[C@H]2C[C@H](OS(=O)(=O)c3ccc(C)cc3)[C@H](C1)N2C. The molecule has 1 aromatic carbocycles. The lowest BCUT2D eigenvalue weighted by Crippen LogP contribution is -2.40. The highest BCUT2D eigenvalue weighted by Crippen LogP contribution is 2.39. The van der Waals surface area contributed by atoms with E-state index >= 15 is 0 Å². The maximum atomic E-state index is 12.4. The predicted molar refractivity (Wildman–Crippen MR) is 81.6 cm³/mol. The van der Waals surface area contributed by atoms with Gasteiger partial charge in [0.2, 0.25) is 0 Å². The van der Waals surface area contributed by atoms with Crippen molar-refractivity contribution in [2.45, 2.75) is 49.3 Å². The summed E-state index contributed by atoms with van der Waals surface area (Å²) in [5.74, 6) is 0. The van der Waals surface area contributed by atoms with Gasteiger partial charge in [-0.15, -0.1) is 0 Å². The summed E-state index contributed by atoms with van der Waals surface area (Å²) in [5.41, 5.74) is 2.23. The number of piperidine rings is 1. The third kappa shape index (κ3) is 2.78. The minimum atomic E-state index is -3.70. The molecule has 2 saturated heterocycles. The Morgan fingerprint density at radius 3 is 2.57 bits per heavy atom. The van der Waals surface area contributed by atoms with Crippen LogP contribution in [0.3, 0.4) is 0 Å². The number of nitrogens with zero attached hydrogens (tertiary/aromatic N) is 1. The molecular weight excluding hydrogens is 286 g/mol. The molecule has 2 heterocycles. The van der Waals surface area contributed by atoms with Crippen molar-refractivity contribution < 1.29 is 12.6 Å². The fourth-order valence-electron chi connectivity index (χ4n) is 3.37. The topological polar surface area (TPSA) is 46.6 Å². The number of aryl methyl sites for hydroxylation is 1. The first-order valence-corrected chi connectivity index (χ1v) is 8.66. The van der Waals surface area contributed by atoms with E-state index in [1.54, 1.807) is 24.3 Å². The normalized spacial score (nSPS) is 29.8. The van der Waals surface area contributed by atoms with Crippen molar-refractivity contribution in [3.8, 4) is 0 Å². The third-order valence-electron chi connectivity index (χ3n) is 4.61. The van der Waals surface area contributed by atoms with Crippen LogP contribution in [0, 0.1) is 6.92 Å². The first kappa shape index (κ1) is 14.8. The number of hydrogen-bond donors (Lipinski definition) is 0. The van der Waals surface area contributed by atoms with Crippen LogP contribution in [0.5, 0.6) is 0 Å². The van der Waals surface area contributed by atoms with Crippen molar-refractivity contribution in [1.82, 2.24) is 4.90 Å². The summed E-state index contributed by atoms with van der Waals surface area (Å²) in [6.07, 6.45) is 2.25. The number of hydrogen-bond acceptors (Lipinski definition) is 4. The van der Waals surface area contributed by atoms with Crippen molar-refractivity contribution in [2.24, 2.45) is 0 Å². The maximum Gasteiger partial charge on any atom is 0.297 e. The Kier molecular flexibility index (Phi) is 3.67. The fourth-order valence-corrected chi connectivity index (χ4v) is 4.48. The molecule has 0 N–H and O–H groups in total. The van der Waals surface area contributed by atoms with E-state index in [9.17, 15) is 8.42 Å². The van der Waals surface area contributed by atoms with E-state index in [0.717, 1.165) is 24.8 Å². The van der Waals surface area contributed by atoms with Gasteiger partial charge in [0, 0.05) is 12.1 Å². The van der Waals surface area contributed by atoms with Gasteiger partial charge >= 0.3 is 0 Å². The van der Waals surface area contributed by atoms with Crippen molar-refractivity contribution >= 4 is 10.1 Å². The highest BCUT2D eigenvalue weighted by molar-refractivity contribution is 7.86. The van der Waals surface area contributed by atoms with Crippen LogP contribution in [0.4, 0.5) is 0 Å². The lowest BCUT2D eigenvalue weighted by molar-refractivity contribution is 0.138. The van der Waals surface area contributed by atoms with Gasteiger partial charge in [-0.25, -0.2) is 0 Å². The van der Waals surface area contributed by atoms with E-state index in [4.69, 9.17) is 4.18 Å². The Morgan fingerprint density at radius 2 is 1.90 bits per heavy atom. The van der Waals surface area contributed by atoms with E-state index < -0.39 is 10.1 Å². The molecular formula is C16H21NO3S. The minimum Gasteiger partial charge on any atom is -0.297 e. The number of fused-ring (bicyclic) bond motifs is 2. The first-order valence-electron chi connectivity index (χ1n) is 7.25. The van der Waals surface area contributed by atoms with Crippen LogP contribution >= 0.6 is 0 Å². The first-order chi connectivity index (χ1) is 9.87. The van der Waals surface area contributed by atoms with Gasteiger partial charge in [0.05, 0.1) is 11.0 Å². The van der Waals surface area contributed by atoms with Crippen LogP contribution in [-0.2, 0) is 14.3 Å². The highest BCUT2D eigenvalue weighted by atomic mass is 32.2. The van der Waals surface area contributed by atoms with Crippen molar-refractivity contribution in [3.05, 3.63) is 42.0 Å². The molecule has 114 valence electrons. The summed E-state index contributed by atoms with van der Waals surface area (Å²) in [7, 11) is -1.65. The second-order valence-corrected chi connectivity index (χ2v) is 7.75. The van der Waals surface area contributed by atoms with E-state index in [-0.39, 0.29) is 17.0 Å². The zero-order valence-corrected chi connectivity index (χ0v) is 13.3. The Labute approximate surface area is 126 Å². The Morgan fingerprint density at radius 1 is 1.24 bits per heavy atom. The highest BCUT2D eigenvalue weighted by Gasteiger charge is 2.45. The largest absolute Gasteiger partial charge is 0.297 e. The molecule has 5 heteroatoms. The second-order valence-electron chi connectivity index (χ2n) is 6.18. The zero-order valence-electron chi connectivity index (χ0n) is 12.5. The van der Waals surface area contributed by atoms with Crippen LogP contribution in [0.1, 0.15) is 24.8 Å². The standard InChI is InChI=1S/C16H21NO3S/c1-11-4-6-14(7-5-11)21(18,19)20-16-10-13-8-12(2)9-15(16)17(13)3/h4-7,13,15-16H,2,8-10H2,1,3H3/t13-,15-,16-/m0/s1. The average molecular weight is 307 g/mol. The molecule has 0 radical (unpaired) electrons. The molecule has 0 saturated carbocycles. The van der Waals surface area contributed by atoms with Gasteiger partial charge < -0.3 is 0 Å². The number of likely N-dealkylation sites (N-methyl/N-ethyl adjacent to an activating group) is 1. The summed E-state index contributed by atoms with van der Waals surface area (Å²) < 4.78 is 30.4. The Bertz CT molecular complexity index is 651. The smallest absolute Gasteiger partial charge is 0.297 e. The molecule has 21 heavy (non-hydrogen) atoms. The molecule has 2 aliphatic rings. The molecule has 0 amide bonds. The molecule has 2 aliphatic heterocycles. The average Bonchev–Trinajstić information content (AvgIpc) is 2.59. The van der Waals surface area contributed by atoms with E-state index in [2.05, 4.69) is 11.5 Å². The molecule has 3 atom stereocenters. The lowest BCUT2D eigenvalue weighted by Gasteiger charge is -2.33. The summed E-state index contributed by atoms with van der Waals surface area (Å²) in [6, 6.07) is 7.27. The summed E-state index contributed by atoms with van der Waals surface area (Å²) in [5, 5.41) is 0. The lowest BCUT2D eigenvalue weighted by atomic mass is 9.99. The van der Waals surface area contributed by atoms with Crippen LogP contribution in [0.2, 0.25) is 0 Å². The van der Waals surface area contributed by atoms with Crippen LogP contribution < -0.4 is 0 Å². The van der Waals surface area contributed by atoms with Gasteiger partial charge in [0.1, 0.15) is 0 Å². The molecule has 0 spiro atoms.